The van der Waals surface area contributed by atoms with Crippen molar-refractivity contribution in [3.05, 3.63) is 45.8 Å². The molecular weight excluding hydrogens is 256 g/mol. The van der Waals surface area contributed by atoms with E-state index in [1.54, 1.807) is 11.3 Å². The van der Waals surface area contributed by atoms with Crippen molar-refractivity contribution < 1.29 is 4.79 Å². The lowest BCUT2D eigenvalue weighted by atomic mass is 10.1. The van der Waals surface area contributed by atoms with Crippen molar-refractivity contribution in [3.63, 3.8) is 0 Å². The van der Waals surface area contributed by atoms with E-state index in [9.17, 15) is 4.79 Å². The molecule has 2 aromatic rings. The van der Waals surface area contributed by atoms with Gasteiger partial charge in [-0.1, -0.05) is 0 Å². The van der Waals surface area contributed by atoms with Crippen LogP contribution in [0.4, 0.5) is 5.82 Å². The number of aromatic nitrogens is 1. The molecule has 2 rings (SSSR count). The molecule has 0 fully saturated rings. The number of carbonyl (C=O) groups excluding carboxylic acids is 1. The Labute approximate surface area is 117 Å². The van der Waals surface area contributed by atoms with Gasteiger partial charge >= 0.3 is 0 Å². The molecule has 0 atom stereocenters. The fourth-order valence-corrected chi connectivity index (χ4v) is 2.70. The number of thiophene rings is 1. The number of carbonyl (C=O) groups is 1. The monoisotopic (exact) mass is 274 g/mol. The highest BCUT2D eigenvalue weighted by molar-refractivity contribution is 7.07. The van der Waals surface area contributed by atoms with Gasteiger partial charge in [-0.15, -0.1) is 0 Å². The van der Waals surface area contributed by atoms with E-state index in [4.69, 9.17) is 0 Å². The second-order valence-corrected chi connectivity index (χ2v) is 5.48. The number of rotatable bonds is 5. The lowest BCUT2D eigenvalue weighted by Gasteiger charge is -2.06. The van der Waals surface area contributed by atoms with Crippen molar-refractivity contribution in [1.82, 2.24) is 4.98 Å². The first-order valence-corrected chi connectivity index (χ1v) is 7.34. The summed E-state index contributed by atoms with van der Waals surface area (Å²) in [6.45, 7) is 3.93. The third-order valence-electron chi connectivity index (χ3n) is 2.81. The van der Waals surface area contributed by atoms with Crippen LogP contribution in [-0.2, 0) is 11.2 Å². The molecular formula is C15H18N2OS. The van der Waals surface area contributed by atoms with Crippen LogP contribution in [0.15, 0.2) is 29.0 Å². The average Bonchev–Trinajstić information content (AvgIpc) is 2.80. The highest BCUT2D eigenvalue weighted by Gasteiger charge is 2.04. The summed E-state index contributed by atoms with van der Waals surface area (Å²) in [7, 11) is 0. The molecule has 0 radical (unpaired) electrons. The van der Waals surface area contributed by atoms with Crippen molar-refractivity contribution in [2.75, 3.05) is 5.32 Å². The fraction of sp³-hybridized carbons (Fsp3) is 0.333. The second kappa shape index (κ2) is 6.48. The molecule has 0 saturated carbocycles. The van der Waals surface area contributed by atoms with Gasteiger partial charge in [0.15, 0.2) is 0 Å². The number of nitrogens with zero attached hydrogens (tertiary/aromatic N) is 1. The Hall–Kier alpha value is -1.68. The number of pyridine rings is 1. The van der Waals surface area contributed by atoms with E-state index < -0.39 is 0 Å². The maximum absolute atomic E-state index is 11.8. The molecule has 1 amide bonds. The van der Waals surface area contributed by atoms with Crippen molar-refractivity contribution >= 4 is 23.1 Å². The van der Waals surface area contributed by atoms with Gasteiger partial charge < -0.3 is 5.32 Å². The van der Waals surface area contributed by atoms with Crippen LogP contribution in [0.3, 0.4) is 0 Å². The Kier molecular flexibility index (Phi) is 4.68. The molecule has 2 aromatic heterocycles. The normalized spacial score (nSPS) is 10.4. The largest absolute Gasteiger partial charge is 0.311 e. The van der Waals surface area contributed by atoms with Crippen molar-refractivity contribution in [1.29, 1.82) is 0 Å². The standard InChI is InChI=1S/C15H18N2OS/c1-11-8-12(2)16-14(9-11)17-15(18)5-3-4-13-6-7-19-10-13/h6-10H,3-5H2,1-2H3,(H,16,17,18). The number of hydrogen-bond acceptors (Lipinski definition) is 3. The molecule has 100 valence electrons. The minimum atomic E-state index is 0.0349. The summed E-state index contributed by atoms with van der Waals surface area (Å²) in [6, 6.07) is 5.99. The first kappa shape index (κ1) is 13.7. The van der Waals surface area contributed by atoms with Crippen LogP contribution in [0.25, 0.3) is 0 Å². The average molecular weight is 274 g/mol. The smallest absolute Gasteiger partial charge is 0.225 e. The van der Waals surface area contributed by atoms with E-state index in [1.807, 2.05) is 26.0 Å². The zero-order valence-electron chi connectivity index (χ0n) is 11.3. The van der Waals surface area contributed by atoms with Gasteiger partial charge in [-0.25, -0.2) is 4.98 Å². The van der Waals surface area contributed by atoms with Gasteiger partial charge in [-0.3, -0.25) is 4.79 Å². The molecule has 0 aromatic carbocycles. The Morgan fingerprint density at radius 1 is 1.37 bits per heavy atom. The predicted molar refractivity (Wildman–Crippen MR) is 79.6 cm³/mol. The molecule has 2 heterocycles. The first-order valence-electron chi connectivity index (χ1n) is 6.40. The van der Waals surface area contributed by atoms with Crippen molar-refractivity contribution in [3.8, 4) is 0 Å². The van der Waals surface area contributed by atoms with Crippen LogP contribution >= 0.6 is 11.3 Å². The van der Waals surface area contributed by atoms with Gasteiger partial charge in [0.25, 0.3) is 0 Å². The van der Waals surface area contributed by atoms with E-state index in [0.717, 1.165) is 24.1 Å². The van der Waals surface area contributed by atoms with Crippen LogP contribution in [0, 0.1) is 13.8 Å². The van der Waals surface area contributed by atoms with Gasteiger partial charge in [0.05, 0.1) is 0 Å². The molecule has 3 nitrogen and oxygen atoms in total. The molecule has 4 heteroatoms. The Morgan fingerprint density at radius 3 is 2.89 bits per heavy atom. The summed E-state index contributed by atoms with van der Waals surface area (Å²) < 4.78 is 0. The molecule has 0 aliphatic heterocycles. The van der Waals surface area contributed by atoms with Gasteiger partial charge in [-0.2, -0.15) is 11.3 Å². The number of anilines is 1. The molecule has 0 aliphatic rings. The van der Waals surface area contributed by atoms with Gasteiger partial charge in [0.1, 0.15) is 5.82 Å². The second-order valence-electron chi connectivity index (χ2n) is 4.70. The molecule has 0 bridgehead atoms. The lowest BCUT2D eigenvalue weighted by Crippen LogP contribution is -2.13. The molecule has 1 N–H and O–H groups in total. The van der Waals surface area contributed by atoms with Gasteiger partial charge in [0.2, 0.25) is 5.91 Å². The first-order chi connectivity index (χ1) is 9.13. The van der Waals surface area contributed by atoms with Gasteiger partial charge in [0, 0.05) is 12.1 Å². The van der Waals surface area contributed by atoms with Crippen molar-refractivity contribution in [2.24, 2.45) is 0 Å². The number of hydrogen-bond donors (Lipinski definition) is 1. The van der Waals surface area contributed by atoms with E-state index in [1.165, 1.54) is 5.56 Å². The predicted octanol–water partition coefficient (Wildman–Crippen LogP) is 3.72. The fourth-order valence-electron chi connectivity index (χ4n) is 2.00. The lowest BCUT2D eigenvalue weighted by molar-refractivity contribution is -0.116. The summed E-state index contributed by atoms with van der Waals surface area (Å²) in [4.78, 5) is 16.1. The van der Waals surface area contributed by atoms with E-state index in [2.05, 4.69) is 27.1 Å². The van der Waals surface area contributed by atoms with E-state index >= 15 is 0 Å². The Balaban J connectivity index is 1.80. The summed E-state index contributed by atoms with van der Waals surface area (Å²) in [5.41, 5.74) is 3.34. The number of aryl methyl sites for hydroxylation is 3. The highest BCUT2D eigenvalue weighted by atomic mass is 32.1. The minimum Gasteiger partial charge on any atom is -0.311 e. The van der Waals surface area contributed by atoms with Crippen LogP contribution in [0.2, 0.25) is 0 Å². The Bertz CT molecular complexity index is 529. The van der Waals surface area contributed by atoms with Crippen LogP contribution < -0.4 is 5.32 Å². The zero-order valence-corrected chi connectivity index (χ0v) is 12.1. The minimum absolute atomic E-state index is 0.0349. The number of amides is 1. The van der Waals surface area contributed by atoms with E-state index in [-0.39, 0.29) is 5.91 Å². The molecule has 0 saturated heterocycles. The third-order valence-corrected chi connectivity index (χ3v) is 3.55. The quantitative estimate of drug-likeness (QED) is 0.903. The molecule has 0 aliphatic carbocycles. The zero-order chi connectivity index (χ0) is 13.7. The topological polar surface area (TPSA) is 42.0 Å². The summed E-state index contributed by atoms with van der Waals surface area (Å²) in [6.07, 6.45) is 2.36. The molecule has 19 heavy (non-hydrogen) atoms. The summed E-state index contributed by atoms with van der Waals surface area (Å²) in [5, 5.41) is 7.05. The number of nitrogens with one attached hydrogen (secondary N) is 1. The summed E-state index contributed by atoms with van der Waals surface area (Å²) >= 11 is 1.69. The molecule has 0 unspecified atom stereocenters. The van der Waals surface area contributed by atoms with Crippen LogP contribution in [-0.4, -0.2) is 10.9 Å². The maximum Gasteiger partial charge on any atom is 0.225 e. The highest BCUT2D eigenvalue weighted by Crippen LogP contribution is 2.12. The van der Waals surface area contributed by atoms with Gasteiger partial charge in [-0.05, 0) is 66.8 Å². The van der Waals surface area contributed by atoms with Crippen molar-refractivity contribution in [2.45, 2.75) is 33.1 Å². The third kappa shape index (κ3) is 4.48. The summed E-state index contributed by atoms with van der Waals surface area (Å²) in [5.74, 6) is 0.686. The van der Waals surface area contributed by atoms with Crippen LogP contribution in [0.5, 0.6) is 0 Å². The van der Waals surface area contributed by atoms with E-state index in [0.29, 0.717) is 12.2 Å². The maximum atomic E-state index is 11.8. The molecule has 0 spiro atoms. The van der Waals surface area contributed by atoms with Crippen LogP contribution in [0.1, 0.15) is 29.7 Å². The SMILES string of the molecule is Cc1cc(C)nc(NC(=O)CCCc2ccsc2)c1. The Morgan fingerprint density at radius 2 is 2.21 bits per heavy atom.